The van der Waals surface area contributed by atoms with Crippen LogP contribution in [0.15, 0.2) is 40.8 Å². The molecule has 0 atom stereocenters. The number of benzene rings is 2. The summed E-state index contributed by atoms with van der Waals surface area (Å²) in [5.41, 5.74) is 2.69. The zero-order valence-electron chi connectivity index (χ0n) is 12.8. The summed E-state index contributed by atoms with van der Waals surface area (Å²) in [5, 5.41) is 10.8. The van der Waals surface area contributed by atoms with E-state index >= 15 is 0 Å². The Labute approximate surface area is 148 Å². The maximum atomic E-state index is 11.6. The molecule has 0 saturated heterocycles. The number of carbonyl (C=O) groups excluding carboxylic acids is 1. The second-order valence-corrected chi connectivity index (χ2v) is 6.23. The third kappa shape index (κ3) is 3.53. The predicted octanol–water partition coefficient (Wildman–Crippen LogP) is 4.58. The van der Waals surface area contributed by atoms with Gasteiger partial charge in [0.15, 0.2) is 5.58 Å². The second-order valence-electron chi connectivity index (χ2n) is 5.36. The number of halogens is 2. The van der Waals surface area contributed by atoms with Crippen LogP contribution >= 0.6 is 23.2 Å². The number of oxazole rings is 1. The van der Waals surface area contributed by atoms with Gasteiger partial charge in [0.25, 0.3) is 0 Å². The molecule has 1 N–H and O–H groups in total. The summed E-state index contributed by atoms with van der Waals surface area (Å²) in [7, 11) is 1.29. The van der Waals surface area contributed by atoms with Crippen molar-refractivity contribution >= 4 is 40.2 Å². The molecule has 5 nitrogen and oxygen atoms in total. The number of carbonyl (C=O) groups is 1. The van der Waals surface area contributed by atoms with Crippen LogP contribution in [0, 0.1) is 0 Å². The van der Waals surface area contributed by atoms with Crippen molar-refractivity contribution in [2.45, 2.75) is 12.8 Å². The Kier molecular flexibility index (Phi) is 4.76. The number of hydrogen-bond donors (Lipinski definition) is 1. The summed E-state index contributed by atoms with van der Waals surface area (Å²) in [5.74, 6) is 0.0410. The Morgan fingerprint density at radius 2 is 2.04 bits per heavy atom. The number of aryl methyl sites for hydroxylation is 1. The van der Waals surface area contributed by atoms with Crippen LogP contribution in [0.3, 0.4) is 0 Å². The Hall–Kier alpha value is -2.08. The quantitative estimate of drug-likeness (QED) is 0.543. The molecule has 3 aromatic rings. The molecule has 0 spiro atoms. The van der Waals surface area contributed by atoms with Crippen molar-refractivity contribution in [3.8, 4) is 11.5 Å². The number of rotatable bonds is 4. The fourth-order valence-electron chi connectivity index (χ4n) is 2.40. The van der Waals surface area contributed by atoms with Crippen LogP contribution in [-0.2, 0) is 11.2 Å². The zero-order chi connectivity index (χ0) is 17.3. The molecule has 2 aromatic carbocycles. The van der Waals surface area contributed by atoms with E-state index in [1.165, 1.54) is 7.05 Å². The maximum Gasteiger partial charge on any atom is 0.245 e. The standard InChI is InChI=1S/C17H14Cl2N2O3/c1-21(23)15(22)6-5-10-7-13(19)9-14-16(10)24-17(20-14)11-3-2-4-12(18)8-11/h2-4,7-9,23H,5-6H2,1H3. The molecule has 1 aromatic heterocycles. The van der Waals surface area contributed by atoms with Crippen molar-refractivity contribution in [2.24, 2.45) is 0 Å². The Balaban J connectivity index is 1.99. The van der Waals surface area contributed by atoms with Crippen molar-refractivity contribution in [3.63, 3.8) is 0 Å². The first-order chi connectivity index (χ1) is 11.4. The van der Waals surface area contributed by atoms with Gasteiger partial charge in [-0.05, 0) is 42.3 Å². The van der Waals surface area contributed by atoms with E-state index < -0.39 is 5.91 Å². The SMILES string of the molecule is CN(O)C(=O)CCc1cc(Cl)cc2nc(-c3cccc(Cl)c3)oc12. The zero-order valence-corrected chi connectivity index (χ0v) is 14.3. The van der Waals surface area contributed by atoms with Gasteiger partial charge in [-0.1, -0.05) is 29.3 Å². The van der Waals surface area contributed by atoms with Crippen molar-refractivity contribution < 1.29 is 14.4 Å². The number of fused-ring (bicyclic) bond motifs is 1. The highest BCUT2D eigenvalue weighted by Gasteiger charge is 2.15. The number of nitrogens with zero attached hydrogens (tertiary/aromatic N) is 2. The van der Waals surface area contributed by atoms with E-state index in [1.54, 1.807) is 24.3 Å². The molecular formula is C17H14Cl2N2O3. The van der Waals surface area contributed by atoms with Crippen molar-refractivity contribution in [1.29, 1.82) is 0 Å². The van der Waals surface area contributed by atoms with E-state index in [4.69, 9.17) is 32.8 Å². The van der Waals surface area contributed by atoms with Gasteiger partial charge in [0, 0.05) is 29.1 Å². The minimum atomic E-state index is -0.391. The Morgan fingerprint density at radius 1 is 1.25 bits per heavy atom. The van der Waals surface area contributed by atoms with Crippen LogP contribution in [0.4, 0.5) is 0 Å². The number of hydrogen-bond acceptors (Lipinski definition) is 4. The fourth-order valence-corrected chi connectivity index (χ4v) is 2.82. The average molecular weight is 365 g/mol. The molecule has 124 valence electrons. The molecule has 7 heteroatoms. The molecule has 0 bridgehead atoms. The second kappa shape index (κ2) is 6.81. The Bertz CT molecular complexity index is 906. The van der Waals surface area contributed by atoms with Gasteiger partial charge in [0.1, 0.15) is 5.52 Å². The first-order valence-corrected chi connectivity index (χ1v) is 8.00. The molecule has 1 amide bonds. The largest absolute Gasteiger partial charge is 0.436 e. The number of aromatic nitrogens is 1. The van der Waals surface area contributed by atoms with Crippen LogP contribution in [0.2, 0.25) is 10.0 Å². The van der Waals surface area contributed by atoms with Gasteiger partial charge in [-0.3, -0.25) is 10.0 Å². The van der Waals surface area contributed by atoms with Gasteiger partial charge in [0.2, 0.25) is 11.8 Å². The smallest absolute Gasteiger partial charge is 0.245 e. The van der Waals surface area contributed by atoms with Gasteiger partial charge in [-0.2, -0.15) is 0 Å². The van der Waals surface area contributed by atoms with E-state index in [2.05, 4.69) is 4.98 Å². The van der Waals surface area contributed by atoms with Crippen molar-refractivity contribution in [2.75, 3.05) is 7.05 Å². The highest BCUT2D eigenvalue weighted by Crippen LogP contribution is 2.30. The van der Waals surface area contributed by atoms with E-state index in [9.17, 15) is 4.79 Å². The molecule has 1 heterocycles. The maximum absolute atomic E-state index is 11.6. The summed E-state index contributed by atoms with van der Waals surface area (Å²) in [6.07, 6.45) is 0.514. The fraction of sp³-hybridized carbons (Fsp3) is 0.176. The molecular weight excluding hydrogens is 351 g/mol. The monoisotopic (exact) mass is 364 g/mol. The third-order valence-corrected chi connectivity index (χ3v) is 4.03. The molecule has 0 radical (unpaired) electrons. The third-order valence-electron chi connectivity index (χ3n) is 3.57. The minimum Gasteiger partial charge on any atom is -0.436 e. The lowest BCUT2D eigenvalue weighted by molar-refractivity contribution is -0.159. The first kappa shape index (κ1) is 16.8. The van der Waals surface area contributed by atoms with Crippen LogP contribution in [-0.4, -0.2) is 28.2 Å². The van der Waals surface area contributed by atoms with E-state index in [0.29, 0.717) is 38.5 Å². The van der Waals surface area contributed by atoms with Crippen LogP contribution < -0.4 is 0 Å². The van der Waals surface area contributed by atoms with Crippen LogP contribution in [0.25, 0.3) is 22.6 Å². The lowest BCUT2D eigenvalue weighted by Gasteiger charge is -2.08. The highest BCUT2D eigenvalue weighted by molar-refractivity contribution is 6.31. The molecule has 0 fully saturated rings. The topological polar surface area (TPSA) is 66.6 Å². The van der Waals surface area contributed by atoms with Gasteiger partial charge in [0.05, 0.1) is 0 Å². The summed E-state index contributed by atoms with van der Waals surface area (Å²) < 4.78 is 5.87. The average Bonchev–Trinajstić information content (AvgIpc) is 2.96. The van der Waals surface area contributed by atoms with Gasteiger partial charge >= 0.3 is 0 Å². The Morgan fingerprint density at radius 3 is 2.75 bits per heavy atom. The molecule has 0 aliphatic carbocycles. The summed E-state index contributed by atoms with van der Waals surface area (Å²) in [4.78, 5) is 16.0. The molecule has 24 heavy (non-hydrogen) atoms. The highest BCUT2D eigenvalue weighted by atomic mass is 35.5. The summed E-state index contributed by atoms with van der Waals surface area (Å²) in [6.45, 7) is 0. The lowest BCUT2D eigenvalue weighted by atomic mass is 10.1. The molecule has 3 rings (SSSR count). The molecule has 0 saturated carbocycles. The lowest BCUT2D eigenvalue weighted by Crippen LogP contribution is -2.22. The van der Waals surface area contributed by atoms with Crippen LogP contribution in [0.5, 0.6) is 0 Å². The summed E-state index contributed by atoms with van der Waals surface area (Å²) in [6, 6.07) is 10.6. The summed E-state index contributed by atoms with van der Waals surface area (Å²) >= 11 is 12.1. The van der Waals surface area contributed by atoms with Gasteiger partial charge < -0.3 is 4.42 Å². The minimum absolute atomic E-state index is 0.135. The van der Waals surface area contributed by atoms with Gasteiger partial charge in [-0.15, -0.1) is 0 Å². The van der Waals surface area contributed by atoms with E-state index in [1.807, 2.05) is 12.1 Å². The number of amides is 1. The molecule has 0 aliphatic rings. The van der Waals surface area contributed by atoms with Crippen LogP contribution in [0.1, 0.15) is 12.0 Å². The molecule has 0 unspecified atom stereocenters. The van der Waals surface area contributed by atoms with Gasteiger partial charge in [-0.25, -0.2) is 10.0 Å². The van der Waals surface area contributed by atoms with Crippen molar-refractivity contribution in [1.82, 2.24) is 10.0 Å². The van der Waals surface area contributed by atoms with E-state index in [-0.39, 0.29) is 6.42 Å². The van der Waals surface area contributed by atoms with Crippen molar-refractivity contribution in [3.05, 3.63) is 52.0 Å². The number of hydroxylamine groups is 2. The molecule has 0 aliphatic heterocycles. The van der Waals surface area contributed by atoms with E-state index in [0.717, 1.165) is 11.1 Å². The predicted molar refractivity (Wildman–Crippen MR) is 92.3 cm³/mol. The first-order valence-electron chi connectivity index (χ1n) is 7.24. The normalized spacial score (nSPS) is 11.0.